The summed E-state index contributed by atoms with van der Waals surface area (Å²) in [4.78, 5) is 29.1. The van der Waals surface area contributed by atoms with E-state index in [9.17, 15) is 9.59 Å². The van der Waals surface area contributed by atoms with E-state index in [1.807, 2.05) is 6.92 Å². The van der Waals surface area contributed by atoms with E-state index in [2.05, 4.69) is 5.32 Å². The van der Waals surface area contributed by atoms with Gasteiger partial charge in [-0.05, 0) is 20.8 Å². The van der Waals surface area contributed by atoms with Crippen molar-refractivity contribution in [2.24, 2.45) is 0 Å². The zero-order chi connectivity index (χ0) is 16.0. The van der Waals surface area contributed by atoms with Gasteiger partial charge in [0.1, 0.15) is 5.60 Å². The Bertz CT molecular complexity index is 340. The largest absolute Gasteiger partial charge is 0.444 e. The third-order valence-corrected chi connectivity index (χ3v) is 2.56. The van der Waals surface area contributed by atoms with Crippen LogP contribution in [-0.2, 0) is 19.1 Å². The van der Waals surface area contributed by atoms with Gasteiger partial charge in [0.25, 0.3) is 5.91 Å². The predicted octanol–water partition coefficient (Wildman–Crippen LogP) is 1.67. The molecule has 0 aliphatic heterocycles. The smallest absolute Gasteiger partial charge is 0.410 e. The van der Waals surface area contributed by atoms with E-state index in [4.69, 9.17) is 14.3 Å². The van der Waals surface area contributed by atoms with Crippen molar-refractivity contribution < 1.29 is 23.9 Å². The van der Waals surface area contributed by atoms with Crippen LogP contribution in [0.2, 0.25) is 0 Å². The summed E-state index contributed by atoms with van der Waals surface area (Å²) in [6.07, 6.45) is 0.216. The molecule has 1 atom stereocenters. The van der Waals surface area contributed by atoms with Crippen molar-refractivity contribution in [1.29, 1.82) is 0 Å². The maximum Gasteiger partial charge on any atom is 0.410 e. The summed E-state index contributed by atoms with van der Waals surface area (Å²) in [5.41, 5.74) is -2.16. The number of methoxy groups -OCH3 is 1. The lowest BCUT2D eigenvalue weighted by Gasteiger charge is -2.34. The van der Waals surface area contributed by atoms with E-state index in [1.54, 1.807) is 20.8 Å². The molecule has 0 bridgehead atoms. The average molecular weight is 290 g/mol. The van der Waals surface area contributed by atoms with Gasteiger partial charge in [0.2, 0.25) is 5.72 Å². The monoisotopic (exact) mass is 290 g/mol. The number of nitrogens with one attached hydrogen (secondary N) is 1. The molecule has 20 heavy (non-hydrogen) atoms. The molecule has 0 saturated heterocycles. The van der Waals surface area contributed by atoms with Gasteiger partial charge in [-0.15, -0.1) is 0 Å². The normalized spacial score (nSPS) is 14.3. The molecule has 2 amide bonds. The Balaban J connectivity index is 5.14. The van der Waals surface area contributed by atoms with Gasteiger partial charge in [-0.3, -0.25) is 14.9 Å². The van der Waals surface area contributed by atoms with Crippen LogP contribution in [-0.4, -0.2) is 49.7 Å². The average Bonchev–Trinajstić information content (AvgIpc) is 2.33. The van der Waals surface area contributed by atoms with Crippen molar-refractivity contribution in [3.63, 3.8) is 0 Å². The molecule has 0 spiro atoms. The Morgan fingerprint density at radius 1 is 1.20 bits per heavy atom. The molecule has 0 radical (unpaired) electrons. The maximum atomic E-state index is 12.3. The standard InChI is InChI=1S/C13H26N2O5/c1-8-9-13(18-6,10(16)15(5)19-7)14-11(17)20-12(2,3)4/h8-9H2,1-7H3,(H,14,17). The number of ether oxygens (including phenoxy) is 2. The molecule has 1 unspecified atom stereocenters. The molecular formula is C13H26N2O5. The van der Waals surface area contributed by atoms with Crippen molar-refractivity contribution >= 4 is 12.0 Å². The van der Waals surface area contributed by atoms with Crippen LogP contribution >= 0.6 is 0 Å². The molecule has 1 N–H and O–H groups in total. The summed E-state index contributed by atoms with van der Waals surface area (Å²) in [7, 11) is 4.16. The number of carbonyl (C=O) groups is 2. The van der Waals surface area contributed by atoms with Gasteiger partial charge >= 0.3 is 6.09 Å². The fourth-order valence-corrected chi connectivity index (χ4v) is 1.62. The summed E-state index contributed by atoms with van der Waals surface area (Å²) in [5.74, 6) is -0.504. The first kappa shape index (κ1) is 18.7. The fraction of sp³-hybridized carbons (Fsp3) is 0.846. The minimum atomic E-state index is -1.50. The third-order valence-electron chi connectivity index (χ3n) is 2.56. The van der Waals surface area contributed by atoms with Gasteiger partial charge in [-0.2, -0.15) is 0 Å². The zero-order valence-electron chi connectivity index (χ0n) is 13.4. The summed E-state index contributed by atoms with van der Waals surface area (Å²) < 4.78 is 10.4. The van der Waals surface area contributed by atoms with Crippen molar-refractivity contribution in [2.45, 2.75) is 51.9 Å². The van der Waals surface area contributed by atoms with Crippen LogP contribution in [0.5, 0.6) is 0 Å². The third kappa shape index (κ3) is 5.34. The number of hydrogen-bond acceptors (Lipinski definition) is 5. The first-order chi connectivity index (χ1) is 9.11. The van der Waals surface area contributed by atoms with E-state index in [0.29, 0.717) is 12.8 Å². The quantitative estimate of drug-likeness (QED) is 0.595. The summed E-state index contributed by atoms with van der Waals surface area (Å²) in [5, 5.41) is 3.51. The van der Waals surface area contributed by atoms with Gasteiger partial charge in [-0.25, -0.2) is 9.86 Å². The molecule has 0 aromatic heterocycles. The van der Waals surface area contributed by atoms with Gasteiger partial charge in [0.05, 0.1) is 7.11 Å². The number of hydrogen-bond donors (Lipinski definition) is 1. The Morgan fingerprint density at radius 2 is 1.75 bits per heavy atom. The van der Waals surface area contributed by atoms with Gasteiger partial charge in [0.15, 0.2) is 0 Å². The second kappa shape index (κ2) is 7.44. The predicted molar refractivity (Wildman–Crippen MR) is 73.8 cm³/mol. The SMILES string of the molecule is CCCC(NC(=O)OC(C)(C)C)(OC)C(=O)N(C)OC. The van der Waals surface area contributed by atoms with Crippen molar-refractivity contribution in [1.82, 2.24) is 10.4 Å². The minimum Gasteiger partial charge on any atom is -0.444 e. The van der Waals surface area contributed by atoms with Crippen LogP contribution in [0.25, 0.3) is 0 Å². The number of carbonyl (C=O) groups excluding carboxylic acids is 2. The molecule has 7 heteroatoms. The highest BCUT2D eigenvalue weighted by Crippen LogP contribution is 2.19. The molecule has 0 rings (SSSR count). The molecule has 0 aromatic carbocycles. The van der Waals surface area contributed by atoms with Crippen LogP contribution in [0.1, 0.15) is 40.5 Å². The Labute approximate surface area is 120 Å². The number of hydroxylamine groups is 2. The van der Waals surface area contributed by atoms with E-state index in [1.165, 1.54) is 21.3 Å². The highest BCUT2D eigenvalue weighted by molar-refractivity contribution is 5.87. The second-order valence-corrected chi connectivity index (χ2v) is 5.39. The lowest BCUT2D eigenvalue weighted by Crippen LogP contribution is -2.60. The van der Waals surface area contributed by atoms with Gasteiger partial charge in [0, 0.05) is 20.6 Å². The first-order valence-corrected chi connectivity index (χ1v) is 6.50. The van der Waals surface area contributed by atoms with Crippen molar-refractivity contribution in [2.75, 3.05) is 21.3 Å². The number of alkyl carbamates (subject to hydrolysis) is 1. The molecule has 7 nitrogen and oxygen atoms in total. The van der Waals surface area contributed by atoms with Crippen LogP contribution in [0, 0.1) is 0 Å². The lowest BCUT2D eigenvalue weighted by molar-refractivity contribution is -0.196. The van der Waals surface area contributed by atoms with Crippen LogP contribution in [0.3, 0.4) is 0 Å². The highest BCUT2D eigenvalue weighted by Gasteiger charge is 2.43. The van der Waals surface area contributed by atoms with E-state index in [0.717, 1.165) is 5.06 Å². The summed E-state index contributed by atoms with van der Waals surface area (Å²) >= 11 is 0. The topological polar surface area (TPSA) is 77.1 Å². The zero-order valence-corrected chi connectivity index (χ0v) is 13.4. The Hall–Kier alpha value is -1.34. The van der Waals surface area contributed by atoms with E-state index in [-0.39, 0.29) is 0 Å². The molecule has 0 aromatic rings. The Morgan fingerprint density at radius 3 is 2.10 bits per heavy atom. The number of nitrogens with zero attached hydrogens (tertiary/aromatic N) is 1. The molecular weight excluding hydrogens is 264 g/mol. The number of rotatable bonds is 6. The fourth-order valence-electron chi connectivity index (χ4n) is 1.62. The number of amides is 2. The van der Waals surface area contributed by atoms with E-state index >= 15 is 0 Å². The van der Waals surface area contributed by atoms with Crippen molar-refractivity contribution in [3.05, 3.63) is 0 Å². The second-order valence-electron chi connectivity index (χ2n) is 5.39. The van der Waals surface area contributed by atoms with Gasteiger partial charge < -0.3 is 9.47 Å². The molecule has 0 heterocycles. The summed E-state index contributed by atoms with van der Waals surface area (Å²) in [6, 6.07) is 0. The van der Waals surface area contributed by atoms with Crippen LogP contribution in [0.15, 0.2) is 0 Å². The van der Waals surface area contributed by atoms with E-state index < -0.39 is 23.3 Å². The molecule has 0 fully saturated rings. The number of likely N-dealkylation sites (N-methyl/N-ethyl adjacent to an activating group) is 1. The minimum absolute atomic E-state index is 0.301. The molecule has 0 saturated carbocycles. The van der Waals surface area contributed by atoms with Crippen LogP contribution in [0.4, 0.5) is 4.79 Å². The lowest BCUT2D eigenvalue weighted by atomic mass is 10.1. The Kier molecular flexibility index (Phi) is 6.95. The molecule has 0 aliphatic rings. The van der Waals surface area contributed by atoms with Gasteiger partial charge in [-0.1, -0.05) is 13.3 Å². The van der Waals surface area contributed by atoms with Crippen LogP contribution < -0.4 is 5.32 Å². The molecule has 0 aliphatic carbocycles. The summed E-state index contributed by atoms with van der Waals surface area (Å²) in [6.45, 7) is 7.10. The first-order valence-electron chi connectivity index (χ1n) is 6.50. The van der Waals surface area contributed by atoms with Crippen molar-refractivity contribution in [3.8, 4) is 0 Å². The highest BCUT2D eigenvalue weighted by atomic mass is 16.7. The maximum absolute atomic E-state index is 12.3. The molecule has 118 valence electrons.